The Morgan fingerprint density at radius 2 is 1.73 bits per heavy atom. The van der Waals surface area contributed by atoms with Gasteiger partial charge in [0.15, 0.2) is 0 Å². The highest BCUT2D eigenvalue weighted by Gasteiger charge is 2.40. The van der Waals surface area contributed by atoms with E-state index in [1.165, 1.54) is 17.0 Å². The number of carboxylic acid groups (broad SMARTS) is 1. The smallest absolute Gasteiger partial charge is 0.408 e. The number of carbonyl (C=O) groups is 2. The number of benzene rings is 1. The van der Waals surface area contributed by atoms with Crippen LogP contribution in [-0.2, 0) is 0 Å². The highest BCUT2D eigenvalue weighted by atomic mass is 19.1. The van der Waals surface area contributed by atoms with Gasteiger partial charge in [-0.05, 0) is 65.3 Å². The molecule has 26 heavy (non-hydrogen) atoms. The molecule has 1 N–H and O–H groups in total. The van der Waals surface area contributed by atoms with Gasteiger partial charge in [0.2, 0.25) is 0 Å². The van der Waals surface area contributed by atoms with E-state index in [0.29, 0.717) is 31.7 Å². The van der Waals surface area contributed by atoms with Crippen molar-refractivity contribution in [2.75, 3.05) is 24.5 Å². The lowest BCUT2D eigenvalue weighted by Gasteiger charge is -2.45. The predicted molar refractivity (Wildman–Crippen MR) is 99.0 cm³/mol. The van der Waals surface area contributed by atoms with E-state index < -0.39 is 17.2 Å². The van der Waals surface area contributed by atoms with Crippen LogP contribution >= 0.6 is 0 Å². The molecule has 3 amide bonds. The first kappa shape index (κ1) is 20.0. The standard InChI is InChI=1S/C19H28FN3O3/c1-18(2,3)23(17(25)26)19(4,5)10-11-21-12-13-22(16(21)24)15-8-6-14(20)7-9-15/h6-9H,10-13H2,1-5H3,(H,25,26). The first-order chi connectivity index (χ1) is 11.9. The molecule has 1 aromatic carbocycles. The van der Waals surface area contributed by atoms with E-state index in [1.807, 2.05) is 34.6 Å². The van der Waals surface area contributed by atoms with Crippen molar-refractivity contribution in [3.05, 3.63) is 30.1 Å². The monoisotopic (exact) mass is 365 g/mol. The number of hydrogen-bond acceptors (Lipinski definition) is 2. The predicted octanol–water partition coefficient (Wildman–Crippen LogP) is 4.01. The average Bonchev–Trinajstić information content (AvgIpc) is 2.85. The first-order valence-corrected chi connectivity index (χ1v) is 8.79. The van der Waals surface area contributed by atoms with Gasteiger partial charge in [0.25, 0.3) is 0 Å². The van der Waals surface area contributed by atoms with Crippen LogP contribution < -0.4 is 4.90 Å². The van der Waals surface area contributed by atoms with Crippen LogP contribution in [0.1, 0.15) is 41.0 Å². The number of amides is 3. The molecule has 1 saturated heterocycles. The van der Waals surface area contributed by atoms with Crippen molar-refractivity contribution >= 4 is 17.8 Å². The maximum absolute atomic E-state index is 13.1. The molecule has 0 aromatic heterocycles. The lowest BCUT2D eigenvalue weighted by atomic mass is 9.92. The summed E-state index contributed by atoms with van der Waals surface area (Å²) in [5, 5.41) is 9.61. The van der Waals surface area contributed by atoms with Gasteiger partial charge >= 0.3 is 12.1 Å². The minimum atomic E-state index is -0.969. The SMILES string of the molecule is CC(C)(C)N(C(=O)O)C(C)(C)CCN1CCN(c2ccc(F)cc2)C1=O. The fraction of sp³-hybridized carbons (Fsp3) is 0.579. The number of urea groups is 1. The van der Waals surface area contributed by atoms with Crippen molar-refractivity contribution in [2.24, 2.45) is 0 Å². The van der Waals surface area contributed by atoms with Crippen LogP contribution in [0.3, 0.4) is 0 Å². The van der Waals surface area contributed by atoms with Gasteiger partial charge in [-0.25, -0.2) is 14.0 Å². The van der Waals surface area contributed by atoms with Crippen LogP contribution in [-0.4, -0.2) is 57.7 Å². The largest absolute Gasteiger partial charge is 0.465 e. The van der Waals surface area contributed by atoms with Crippen molar-refractivity contribution in [2.45, 2.75) is 52.1 Å². The second kappa shape index (κ2) is 7.13. The van der Waals surface area contributed by atoms with Crippen molar-refractivity contribution in [1.82, 2.24) is 9.80 Å². The Morgan fingerprint density at radius 3 is 2.23 bits per heavy atom. The second-order valence-corrected chi connectivity index (χ2v) is 8.25. The maximum Gasteiger partial charge on any atom is 0.408 e. The minimum Gasteiger partial charge on any atom is -0.465 e. The Balaban J connectivity index is 2.04. The lowest BCUT2D eigenvalue weighted by molar-refractivity contribution is 0.0265. The molecule has 0 saturated carbocycles. The Morgan fingerprint density at radius 1 is 1.15 bits per heavy atom. The number of nitrogens with zero attached hydrogens (tertiary/aromatic N) is 3. The number of carbonyl (C=O) groups excluding carboxylic acids is 1. The van der Waals surface area contributed by atoms with E-state index in [9.17, 15) is 19.1 Å². The molecule has 0 unspecified atom stereocenters. The summed E-state index contributed by atoms with van der Waals surface area (Å²) in [6.07, 6.45) is -0.442. The van der Waals surface area contributed by atoms with Crippen LogP contribution in [0.5, 0.6) is 0 Å². The van der Waals surface area contributed by atoms with E-state index in [-0.39, 0.29) is 11.8 Å². The highest BCUT2D eigenvalue weighted by molar-refractivity contribution is 5.94. The summed E-state index contributed by atoms with van der Waals surface area (Å²) < 4.78 is 13.1. The molecule has 1 heterocycles. The molecule has 1 aromatic rings. The molecule has 6 nitrogen and oxygen atoms in total. The molecule has 0 bridgehead atoms. The third-order valence-corrected chi connectivity index (χ3v) is 4.69. The van der Waals surface area contributed by atoms with Gasteiger partial charge in [0.1, 0.15) is 5.82 Å². The Hall–Kier alpha value is -2.31. The fourth-order valence-corrected chi connectivity index (χ4v) is 3.62. The van der Waals surface area contributed by atoms with Gasteiger partial charge in [0, 0.05) is 36.4 Å². The number of anilines is 1. The van der Waals surface area contributed by atoms with Gasteiger partial charge < -0.3 is 10.0 Å². The topological polar surface area (TPSA) is 64.1 Å². The van der Waals surface area contributed by atoms with Gasteiger partial charge in [-0.2, -0.15) is 0 Å². The van der Waals surface area contributed by atoms with Crippen LogP contribution in [0.25, 0.3) is 0 Å². The Bertz CT molecular complexity index is 668. The Labute approximate surface area is 154 Å². The van der Waals surface area contributed by atoms with Crippen LogP contribution in [0.4, 0.5) is 19.7 Å². The van der Waals surface area contributed by atoms with Crippen LogP contribution in [0, 0.1) is 5.82 Å². The highest BCUT2D eigenvalue weighted by Crippen LogP contribution is 2.29. The third kappa shape index (κ3) is 4.26. The maximum atomic E-state index is 13.1. The second-order valence-electron chi connectivity index (χ2n) is 8.25. The van der Waals surface area contributed by atoms with E-state index in [2.05, 4.69) is 0 Å². The van der Waals surface area contributed by atoms with Crippen LogP contribution in [0.15, 0.2) is 24.3 Å². The quantitative estimate of drug-likeness (QED) is 0.857. The zero-order chi connectivity index (χ0) is 19.7. The van der Waals surface area contributed by atoms with Crippen LogP contribution in [0.2, 0.25) is 0 Å². The summed E-state index contributed by atoms with van der Waals surface area (Å²) >= 11 is 0. The summed E-state index contributed by atoms with van der Waals surface area (Å²) in [6.45, 7) is 10.9. The summed E-state index contributed by atoms with van der Waals surface area (Å²) in [4.78, 5) is 29.1. The average molecular weight is 365 g/mol. The molecular formula is C19H28FN3O3. The van der Waals surface area contributed by atoms with E-state index >= 15 is 0 Å². The number of halogens is 1. The summed E-state index contributed by atoms with van der Waals surface area (Å²) in [5.41, 5.74) is -0.488. The van der Waals surface area contributed by atoms with Gasteiger partial charge in [-0.15, -0.1) is 0 Å². The van der Waals surface area contributed by atoms with E-state index in [1.54, 1.807) is 21.9 Å². The summed E-state index contributed by atoms with van der Waals surface area (Å²) in [7, 11) is 0. The molecule has 144 valence electrons. The number of hydrogen-bond donors (Lipinski definition) is 1. The third-order valence-electron chi connectivity index (χ3n) is 4.69. The van der Waals surface area contributed by atoms with Crippen molar-refractivity contribution < 1.29 is 19.1 Å². The molecule has 0 spiro atoms. The molecule has 2 rings (SSSR count). The molecule has 0 radical (unpaired) electrons. The first-order valence-electron chi connectivity index (χ1n) is 8.79. The zero-order valence-electron chi connectivity index (χ0n) is 16.1. The van der Waals surface area contributed by atoms with Crippen molar-refractivity contribution in [3.8, 4) is 0 Å². The normalized spacial score (nSPS) is 15.5. The Kier molecular flexibility index (Phi) is 5.49. The lowest BCUT2D eigenvalue weighted by Crippen LogP contribution is -2.57. The van der Waals surface area contributed by atoms with Gasteiger partial charge in [-0.3, -0.25) is 9.80 Å². The zero-order valence-corrected chi connectivity index (χ0v) is 16.1. The van der Waals surface area contributed by atoms with Crippen molar-refractivity contribution in [3.63, 3.8) is 0 Å². The van der Waals surface area contributed by atoms with Crippen molar-refractivity contribution in [1.29, 1.82) is 0 Å². The van der Waals surface area contributed by atoms with E-state index in [4.69, 9.17) is 0 Å². The molecule has 1 aliphatic rings. The molecule has 1 aliphatic heterocycles. The summed E-state index contributed by atoms with van der Waals surface area (Å²) in [5.74, 6) is -0.338. The molecule has 0 aliphatic carbocycles. The fourth-order valence-electron chi connectivity index (χ4n) is 3.62. The van der Waals surface area contributed by atoms with Gasteiger partial charge in [-0.1, -0.05) is 0 Å². The minimum absolute atomic E-state index is 0.134. The van der Waals surface area contributed by atoms with E-state index in [0.717, 1.165) is 0 Å². The molecular weight excluding hydrogens is 337 g/mol. The molecule has 0 atom stereocenters. The molecule has 7 heteroatoms. The number of rotatable bonds is 5. The molecule has 1 fully saturated rings. The summed E-state index contributed by atoms with van der Waals surface area (Å²) in [6, 6.07) is 5.72. The van der Waals surface area contributed by atoms with Gasteiger partial charge in [0.05, 0.1) is 0 Å².